The molecule has 0 heterocycles. The maximum Gasteiger partial charge on any atom is 0.121 e. The zero-order valence-electron chi connectivity index (χ0n) is 8.17. The van der Waals surface area contributed by atoms with Crippen LogP contribution in [0.15, 0.2) is 23.9 Å². The molecule has 0 saturated carbocycles. The van der Waals surface area contributed by atoms with Crippen molar-refractivity contribution < 1.29 is 5.11 Å². The Bertz CT molecular complexity index is 159. The SMILES string of the molecule is C/C=C\CC/C(C)=C/NC(C)O. The van der Waals surface area contributed by atoms with Crippen LogP contribution in [0.2, 0.25) is 0 Å². The van der Waals surface area contributed by atoms with Crippen molar-refractivity contribution in [2.75, 3.05) is 0 Å². The topological polar surface area (TPSA) is 32.3 Å². The van der Waals surface area contributed by atoms with Crippen LogP contribution in [0.1, 0.15) is 33.6 Å². The predicted molar refractivity (Wildman–Crippen MR) is 52.6 cm³/mol. The average Bonchev–Trinajstić information content (AvgIpc) is 2.01. The highest BCUT2D eigenvalue weighted by molar-refractivity contribution is 4.98. The molecule has 0 bridgehead atoms. The second-order valence-corrected chi connectivity index (χ2v) is 2.94. The summed E-state index contributed by atoms with van der Waals surface area (Å²) in [5.41, 5.74) is 1.26. The van der Waals surface area contributed by atoms with E-state index in [0.717, 1.165) is 12.8 Å². The fraction of sp³-hybridized carbons (Fsp3) is 0.600. The lowest BCUT2D eigenvalue weighted by Gasteiger charge is -2.04. The van der Waals surface area contributed by atoms with Gasteiger partial charge in [0.1, 0.15) is 6.23 Å². The van der Waals surface area contributed by atoms with E-state index in [1.54, 1.807) is 6.92 Å². The highest BCUT2D eigenvalue weighted by Gasteiger charge is 1.89. The second kappa shape index (κ2) is 6.92. The van der Waals surface area contributed by atoms with Crippen LogP contribution in [0.25, 0.3) is 0 Å². The molecule has 0 aromatic rings. The fourth-order valence-corrected chi connectivity index (χ4v) is 0.813. The molecule has 2 heteroatoms. The van der Waals surface area contributed by atoms with Gasteiger partial charge in [-0.25, -0.2) is 0 Å². The van der Waals surface area contributed by atoms with E-state index in [4.69, 9.17) is 5.11 Å². The molecule has 0 aromatic carbocycles. The van der Waals surface area contributed by atoms with Crippen LogP contribution in [0.5, 0.6) is 0 Å². The Hall–Kier alpha value is -0.760. The molecular formula is C10H19NO. The smallest absolute Gasteiger partial charge is 0.121 e. The van der Waals surface area contributed by atoms with E-state index in [2.05, 4.69) is 24.4 Å². The monoisotopic (exact) mass is 169 g/mol. The van der Waals surface area contributed by atoms with Crippen molar-refractivity contribution in [1.29, 1.82) is 0 Å². The number of rotatable bonds is 5. The van der Waals surface area contributed by atoms with Crippen molar-refractivity contribution in [3.05, 3.63) is 23.9 Å². The molecule has 0 radical (unpaired) electrons. The lowest BCUT2D eigenvalue weighted by Crippen LogP contribution is -2.19. The molecular weight excluding hydrogens is 150 g/mol. The first-order valence-corrected chi connectivity index (χ1v) is 4.37. The van der Waals surface area contributed by atoms with E-state index in [0.29, 0.717) is 0 Å². The Labute approximate surface area is 75.0 Å². The molecule has 0 aromatic heterocycles. The van der Waals surface area contributed by atoms with Crippen LogP contribution in [0, 0.1) is 0 Å². The molecule has 1 unspecified atom stereocenters. The third kappa shape index (κ3) is 7.35. The maximum absolute atomic E-state index is 8.90. The van der Waals surface area contributed by atoms with Gasteiger partial charge in [-0.2, -0.15) is 0 Å². The molecule has 70 valence electrons. The van der Waals surface area contributed by atoms with Crippen molar-refractivity contribution >= 4 is 0 Å². The Morgan fingerprint density at radius 3 is 2.75 bits per heavy atom. The lowest BCUT2D eigenvalue weighted by molar-refractivity contribution is 0.173. The predicted octanol–water partition coefficient (Wildman–Crippen LogP) is 2.17. The third-order valence-corrected chi connectivity index (χ3v) is 1.51. The van der Waals surface area contributed by atoms with Gasteiger partial charge in [-0.1, -0.05) is 17.7 Å². The first-order valence-electron chi connectivity index (χ1n) is 4.37. The van der Waals surface area contributed by atoms with Gasteiger partial charge in [0, 0.05) is 0 Å². The zero-order valence-corrected chi connectivity index (χ0v) is 8.17. The zero-order chi connectivity index (χ0) is 9.40. The Morgan fingerprint density at radius 2 is 2.25 bits per heavy atom. The van der Waals surface area contributed by atoms with Gasteiger partial charge in [0.2, 0.25) is 0 Å². The summed E-state index contributed by atoms with van der Waals surface area (Å²) in [7, 11) is 0. The van der Waals surface area contributed by atoms with E-state index in [9.17, 15) is 0 Å². The summed E-state index contributed by atoms with van der Waals surface area (Å²) in [5, 5.41) is 11.7. The summed E-state index contributed by atoms with van der Waals surface area (Å²) in [5.74, 6) is 0. The van der Waals surface area contributed by atoms with E-state index in [1.807, 2.05) is 13.1 Å². The Balaban J connectivity index is 3.55. The Morgan fingerprint density at radius 1 is 1.58 bits per heavy atom. The van der Waals surface area contributed by atoms with Crippen LogP contribution in [-0.2, 0) is 0 Å². The van der Waals surface area contributed by atoms with Crippen molar-refractivity contribution in [3.8, 4) is 0 Å². The number of aliphatic hydroxyl groups excluding tert-OH is 1. The van der Waals surface area contributed by atoms with E-state index >= 15 is 0 Å². The summed E-state index contributed by atoms with van der Waals surface area (Å²) in [6, 6.07) is 0. The normalized spacial score (nSPS) is 15.2. The molecule has 0 rings (SSSR count). The standard InChI is InChI=1S/C10H19NO/c1-4-5-6-7-9(2)8-11-10(3)12/h4-5,8,10-12H,6-7H2,1-3H3/b5-4-,9-8+. The van der Waals surface area contributed by atoms with Crippen molar-refractivity contribution in [2.45, 2.75) is 39.8 Å². The van der Waals surface area contributed by atoms with Gasteiger partial charge in [-0.3, -0.25) is 0 Å². The molecule has 0 saturated heterocycles. The van der Waals surface area contributed by atoms with Crippen LogP contribution >= 0.6 is 0 Å². The van der Waals surface area contributed by atoms with Crippen LogP contribution in [0.4, 0.5) is 0 Å². The van der Waals surface area contributed by atoms with Crippen molar-refractivity contribution in [1.82, 2.24) is 5.32 Å². The number of hydrogen-bond acceptors (Lipinski definition) is 2. The molecule has 0 amide bonds. The Kier molecular flexibility index (Phi) is 6.48. The summed E-state index contributed by atoms with van der Waals surface area (Å²) in [6.45, 7) is 5.78. The maximum atomic E-state index is 8.90. The first-order chi connectivity index (χ1) is 5.66. The third-order valence-electron chi connectivity index (χ3n) is 1.51. The first kappa shape index (κ1) is 11.2. The molecule has 0 fully saturated rings. The summed E-state index contributed by atoms with van der Waals surface area (Å²) >= 11 is 0. The molecule has 12 heavy (non-hydrogen) atoms. The van der Waals surface area contributed by atoms with Crippen molar-refractivity contribution in [3.63, 3.8) is 0 Å². The fourth-order valence-electron chi connectivity index (χ4n) is 0.813. The van der Waals surface area contributed by atoms with Crippen molar-refractivity contribution in [2.24, 2.45) is 0 Å². The van der Waals surface area contributed by atoms with E-state index < -0.39 is 6.23 Å². The second-order valence-electron chi connectivity index (χ2n) is 2.94. The summed E-state index contributed by atoms with van der Waals surface area (Å²) in [6.07, 6.45) is 7.72. The molecule has 0 spiro atoms. The molecule has 0 aliphatic carbocycles. The molecule has 2 N–H and O–H groups in total. The van der Waals surface area contributed by atoms with Gasteiger partial charge in [-0.05, 0) is 39.8 Å². The van der Waals surface area contributed by atoms with E-state index in [-0.39, 0.29) is 0 Å². The summed E-state index contributed by atoms with van der Waals surface area (Å²) in [4.78, 5) is 0. The number of allylic oxidation sites excluding steroid dienone is 3. The van der Waals surface area contributed by atoms with Crippen LogP contribution in [-0.4, -0.2) is 11.3 Å². The van der Waals surface area contributed by atoms with Gasteiger partial charge >= 0.3 is 0 Å². The van der Waals surface area contributed by atoms with Crippen LogP contribution < -0.4 is 5.32 Å². The minimum Gasteiger partial charge on any atom is -0.374 e. The minimum atomic E-state index is -0.457. The lowest BCUT2D eigenvalue weighted by atomic mass is 10.2. The molecule has 0 aliphatic heterocycles. The minimum absolute atomic E-state index is 0.457. The van der Waals surface area contributed by atoms with Gasteiger partial charge in [-0.15, -0.1) is 0 Å². The van der Waals surface area contributed by atoms with E-state index in [1.165, 1.54) is 5.57 Å². The average molecular weight is 169 g/mol. The number of nitrogens with one attached hydrogen (secondary N) is 1. The van der Waals surface area contributed by atoms with Gasteiger partial charge in [0.05, 0.1) is 0 Å². The van der Waals surface area contributed by atoms with Crippen LogP contribution in [0.3, 0.4) is 0 Å². The highest BCUT2D eigenvalue weighted by Crippen LogP contribution is 2.02. The number of aliphatic hydroxyl groups is 1. The molecule has 2 nitrogen and oxygen atoms in total. The highest BCUT2D eigenvalue weighted by atomic mass is 16.3. The largest absolute Gasteiger partial charge is 0.374 e. The van der Waals surface area contributed by atoms with Gasteiger partial charge in [0.15, 0.2) is 0 Å². The quantitative estimate of drug-likeness (QED) is 0.488. The number of hydrogen-bond donors (Lipinski definition) is 2. The van der Waals surface area contributed by atoms with Gasteiger partial charge in [0.25, 0.3) is 0 Å². The molecule has 1 atom stereocenters. The molecule has 0 aliphatic rings. The van der Waals surface area contributed by atoms with Gasteiger partial charge < -0.3 is 10.4 Å². The summed E-state index contributed by atoms with van der Waals surface area (Å²) < 4.78 is 0.